The minimum absolute atomic E-state index is 0.0963. The first-order chi connectivity index (χ1) is 10.2. The summed E-state index contributed by atoms with van der Waals surface area (Å²) in [6.45, 7) is 7.50. The number of carbonyl (C=O) groups excluding carboxylic acids is 1. The number of hydrogen-bond donors (Lipinski definition) is 1. The molecule has 0 radical (unpaired) electrons. The van der Waals surface area contributed by atoms with E-state index in [0.29, 0.717) is 12.5 Å². The number of ether oxygens (including phenoxy) is 2. The van der Waals surface area contributed by atoms with Crippen molar-refractivity contribution in [2.75, 3.05) is 26.4 Å². The van der Waals surface area contributed by atoms with E-state index in [1.807, 2.05) is 30.0 Å². The summed E-state index contributed by atoms with van der Waals surface area (Å²) in [5.74, 6) is 2.29. The molecule has 0 unspecified atom stereocenters. The van der Waals surface area contributed by atoms with Crippen LogP contribution in [0.15, 0.2) is 18.2 Å². The first-order valence-electron chi connectivity index (χ1n) is 7.57. The molecule has 2 aliphatic rings. The Kier molecular flexibility index (Phi) is 4.01. The monoisotopic (exact) mass is 290 g/mol. The summed E-state index contributed by atoms with van der Waals surface area (Å²) < 4.78 is 10.7. The zero-order valence-corrected chi connectivity index (χ0v) is 12.6. The number of rotatable bonds is 4. The predicted molar refractivity (Wildman–Crippen MR) is 79.2 cm³/mol. The van der Waals surface area contributed by atoms with Crippen LogP contribution in [0.5, 0.6) is 11.5 Å². The van der Waals surface area contributed by atoms with Crippen molar-refractivity contribution in [3.63, 3.8) is 0 Å². The second kappa shape index (κ2) is 5.93. The van der Waals surface area contributed by atoms with E-state index < -0.39 is 0 Å². The molecular formula is C16H22N2O3. The average molecular weight is 290 g/mol. The summed E-state index contributed by atoms with van der Waals surface area (Å²) in [4.78, 5) is 14.6. The van der Waals surface area contributed by atoms with Gasteiger partial charge in [0.15, 0.2) is 11.5 Å². The van der Waals surface area contributed by atoms with E-state index in [2.05, 4.69) is 12.2 Å². The maximum Gasteiger partial charge on any atom is 0.231 e. The lowest BCUT2D eigenvalue weighted by molar-refractivity contribution is -0.136. The van der Waals surface area contributed by atoms with Gasteiger partial charge in [-0.25, -0.2) is 0 Å². The fourth-order valence-corrected chi connectivity index (χ4v) is 2.98. The molecule has 1 aromatic carbocycles. The third kappa shape index (κ3) is 2.83. The third-order valence-corrected chi connectivity index (χ3v) is 4.34. The van der Waals surface area contributed by atoms with E-state index in [1.54, 1.807) is 0 Å². The smallest absolute Gasteiger partial charge is 0.231 e. The molecule has 1 amide bonds. The van der Waals surface area contributed by atoms with Crippen LogP contribution >= 0.6 is 0 Å². The second-order valence-corrected chi connectivity index (χ2v) is 5.78. The second-order valence-electron chi connectivity index (χ2n) is 5.78. The van der Waals surface area contributed by atoms with Crippen molar-refractivity contribution in [2.45, 2.75) is 20.4 Å². The number of nitrogens with one attached hydrogen (secondary N) is 1. The molecule has 2 aliphatic heterocycles. The van der Waals surface area contributed by atoms with Crippen LogP contribution < -0.4 is 14.8 Å². The summed E-state index contributed by atoms with van der Waals surface area (Å²) in [5.41, 5.74) is 1.08. The van der Waals surface area contributed by atoms with Gasteiger partial charge in [0.25, 0.3) is 0 Å². The van der Waals surface area contributed by atoms with Gasteiger partial charge in [-0.05, 0) is 37.1 Å². The predicted octanol–water partition coefficient (Wildman–Crippen LogP) is 1.62. The van der Waals surface area contributed by atoms with Crippen molar-refractivity contribution >= 4 is 5.91 Å². The molecule has 114 valence electrons. The maximum absolute atomic E-state index is 12.7. The highest BCUT2D eigenvalue weighted by Crippen LogP contribution is 2.33. The number of carbonyl (C=O) groups is 1. The molecule has 1 N–H and O–H groups in total. The van der Waals surface area contributed by atoms with Crippen LogP contribution in [0.25, 0.3) is 0 Å². The van der Waals surface area contributed by atoms with Gasteiger partial charge >= 0.3 is 0 Å². The normalized spacial score (nSPS) is 23.3. The van der Waals surface area contributed by atoms with E-state index in [4.69, 9.17) is 9.47 Å². The largest absolute Gasteiger partial charge is 0.454 e. The Morgan fingerprint density at radius 1 is 1.33 bits per heavy atom. The number of hydrogen-bond acceptors (Lipinski definition) is 4. The summed E-state index contributed by atoms with van der Waals surface area (Å²) in [6.07, 6.45) is 0. The minimum Gasteiger partial charge on any atom is -0.454 e. The van der Waals surface area contributed by atoms with Crippen molar-refractivity contribution in [3.05, 3.63) is 23.8 Å². The van der Waals surface area contributed by atoms with Gasteiger partial charge in [-0.15, -0.1) is 0 Å². The summed E-state index contributed by atoms with van der Waals surface area (Å²) >= 11 is 0. The van der Waals surface area contributed by atoms with Crippen LogP contribution in [-0.2, 0) is 11.3 Å². The molecule has 5 heteroatoms. The van der Waals surface area contributed by atoms with E-state index in [9.17, 15) is 4.79 Å². The molecule has 1 fully saturated rings. The van der Waals surface area contributed by atoms with Crippen LogP contribution in [0.3, 0.4) is 0 Å². The van der Waals surface area contributed by atoms with Crippen LogP contribution in [0.1, 0.15) is 19.4 Å². The Morgan fingerprint density at radius 2 is 2.14 bits per heavy atom. The van der Waals surface area contributed by atoms with Crippen molar-refractivity contribution < 1.29 is 14.3 Å². The van der Waals surface area contributed by atoms with Crippen molar-refractivity contribution in [3.8, 4) is 11.5 Å². The topological polar surface area (TPSA) is 50.8 Å². The molecule has 0 spiro atoms. The molecule has 1 saturated heterocycles. The van der Waals surface area contributed by atoms with Crippen LogP contribution in [0, 0.1) is 11.8 Å². The molecule has 2 heterocycles. The third-order valence-electron chi connectivity index (χ3n) is 4.34. The zero-order valence-electron chi connectivity index (χ0n) is 12.6. The first-order valence-corrected chi connectivity index (χ1v) is 7.57. The molecular weight excluding hydrogens is 268 g/mol. The molecule has 3 rings (SSSR count). The molecule has 0 bridgehead atoms. The number of nitrogens with zero attached hydrogens (tertiary/aromatic N) is 1. The van der Waals surface area contributed by atoms with Gasteiger partial charge in [0, 0.05) is 19.6 Å². The fourth-order valence-electron chi connectivity index (χ4n) is 2.98. The standard InChI is InChI=1S/C16H22N2O3/c1-3-18(16(19)13-8-17-7-11(13)2)9-12-4-5-14-15(6-12)21-10-20-14/h4-6,11,13,17H,3,7-10H2,1-2H3/t11-,13-/m1/s1. The SMILES string of the molecule is CCN(Cc1ccc2c(c1)OCO2)C(=O)[C@@H]1CNC[C@H]1C. The van der Waals surface area contributed by atoms with Crippen LogP contribution in [0.2, 0.25) is 0 Å². The van der Waals surface area contributed by atoms with Crippen LogP contribution in [-0.4, -0.2) is 37.2 Å². The van der Waals surface area contributed by atoms with E-state index in [1.165, 1.54) is 0 Å². The maximum atomic E-state index is 12.7. The van der Waals surface area contributed by atoms with Gasteiger partial charge in [-0.3, -0.25) is 4.79 Å². The lowest BCUT2D eigenvalue weighted by atomic mass is 9.96. The Hall–Kier alpha value is -1.75. The summed E-state index contributed by atoms with van der Waals surface area (Å²) in [7, 11) is 0. The first kappa shape index (κ1) is 14.2. The van der Waals surface area contributed by atoms with Gasteiger partial charge in [0.1, 0.15) is 0 Å². The number of fused-ring (bicyclic) bond motifs is 1. The molecule has 0 saturated carbocycles. The minimum atomic E-state index is 0.0963. The Bertz CT molecular complexity index is 532. The van der Waals surface area contributed by atoms with Crippen molar-refractivity contribution in [1.82, 2.24) is 10.2 Å². The van der Waals surface area contributed by atoms with E-state index >= 15 is 0 Å². The quantitative estimate of drug-likeness (QED) is 0.915. The van der Waals surface area contributed by atoms with Gasteiger partial charge in [-0.1, -0.05) is 13.0 Å². The lowest BCUT2D eigenvalue weighted by Gasteiger charge is -2.26. The Morgan fingerprint density at radius 3 is 2.86 bits per heavy atom. The Balaban J connectivity index is 1.70. The number of benzene rings is 1. The highest BCUT2D eigenvalue weighted by Gasteiger charge is 2.32. The van der Waals surface area contributed by atoms with E-state index in [0.717, 1.165) is 36.7 Å². The molecule has 0 aliphatic carbocycles. The lowest BCUT2D eigenvalue weighted by Crippen LogP contribution is -2.38. The van der Waals surface area contributed by atoms with E-state index in [-0.39, 0.29) is 18.6 Å². The fraction of sp³-hybridized carbons (Fsp3) is 0.562. The van der Waals surface area contributed by atoms with Crippen molar-refractivity contribution in [2.24, 2.45) is 11.8 Å². The zero-order chi connectivity index (χ0) is 14.8. The Labute approximate surface area is 125 Å². The van der Waals surface area contributed by atoms with Gasteiger partial charge in [0.05, 0.1) is 5.92 Å². The van der Waals surface area contributed by atoms with Crippen LogP contribution in [0.4, 0.5) is 0 Å². The molecule has 2 atom stereocenters. The highest BCUT2D eigenvalue weighted by atomic mass is 16.7. The summed E-state index contributed by atoms with van der Waals surface area (Å²) in [5, 5.41) is 3.30. The molecule has 0 aromatic heterocycles. The highest BCUT2D eigenvalue weighted by molar-refractivity contribution is 5.79. The van der Waals surface area contributed by atoms with Gasteiger partial charge in [0.2, 0.25) is 12.7 Å². The van der Waals surface area contributed by atoms with Gasteiger partial charge < -0.3 is 19.7 Å². The summed E-state index contributed by atoms with van der Waals surface area (Å²) in [6, 6.07) is 5.88. The molecule has 21 heavy (non-hydrogen) atoms. The average Bonchev–Trinajstić information content (AvgIpc) is 3.12. The number of amides is 1. The van der Waals surface area contributed by atoms with Gasteiger partial charge in [-0.2, -0.15) is 0 Å². The molecule has 1 aromatic rings. The van der Waals surface area contributed by atoms with Crippen molar-refractivity contribution in [1.29, 1.82) is 0 Å². The molecule has 5 nitrogen and oxygen atoms in total.